The number of rotatable bonds is 6. The maximum absolute atomic E-state index is 12.8. The van der Waals surface area contributed by atoms with E-state index in [-0.39, 0.29) is 36.4 Å². The van der Waals surface area contributed by atoms with E-state index in [2.05, 4.69) is 46.4 Å². The predicted molar refractivity (Wildman–Crippen MR) is 133 cm³/mol. The minimum absolute atomic E-state index is 0. The molecule has 1 amide bonds. The lowest BCUT2D eigenvalue weighted by Gasteiger charge is -2.23. The molecule has 1 aromatic carbocycles. The lowest BCUT2D eigenvalue weighted by atomic mass is 10.1. The van der Waals surface area contributed by atoms with Crippen molar-refractivity contribution >= 4 is 41.5 Å². The van der Waals surface area contributed by atoms with Crippen LogP contribution in [0.1, 0.15) is 43.5 Å². The van der Waals surface area contributed by atoms with Gasteiger partial charge in [-0.05, 0) is 30.9 Å². The highest BCUT2D eigenvalue weighted by atomic mass is 127. The van der Waals surface area contributed by atoms with Crippen molar-refractivity contribution in [2.75, 3.05) is 31.6 Å². The third-order valence-corrected chi connectivity index (χ3v) is 5.14. The maximum Gasteiger partial charge on any atom is 0.248 e. The van der Waals surface area contributed by atoms with Crippen LogP contribution in [0.5, 0.6) is 0 Å². The zero-order valence-electron chi connectivity index (χ0n) is 18.6. The molecule has 0 fully saturated rings. The topological polar surface area (TPSA) is 65.8 Å². The summed E-state index contributed by atoms with van der Waals surface area (Å²) >= 11 is 0. The smallest absolute Gasteiger partial charge is 0.248 e. The van der Waals surface area contributed by atoms with Gasteiger partial charge in [-0.3, -0.25) is 9.48 Å². The van der Waals surface area contributed by atoms with Gasteiger partial charge in [-0.2, -0.15) is 5.10 Å². The number of carbonyl (C=O) groups excluding carboxylic acids is 1. The molecule has 0 unspecified atom stereocenters. The van der Waals surface area contributed by atoms with Crippen molar-refractivity contribution in [3.63, 3.8) is 0 Å². The van der Waals surface area contributed by atoms with Crippen LogP contribution < -0.4 is 10.2 Å². The van der Waals surface area contributed by atoms with Gasteiger partial charge in [0.25, 0.3) is 0 Å². The van der Waals surface area contributed by atoms with E-state index in [9.17, 15) is 4.79 Å². The average molecular weight is 524 g/mol. The number of benzene rings is 1. The molecule has 0 atom stereocenters. The number of para-hydroxylation sites is 1. The van der Waals surface area contributed by atoms with Gasteiger partial charge in [0.05, 0.1) is 5.69 Å². The molecule has 2 aromatic rings. The van der Waals surface area contributed by atoms with E-state index in [0.717, 1.165) is 36.9 Å². The normalized spacial score (nSPS) is 13.3. The number of hydrogen-bond acceptors (Lipinski definition) is 3. The molecule has 0 bridgehead atoms. The van der Waals surface area contributed by atoms with Gasteiger partial charge in [-0.1, -0.05) is 32.0 Å². The number of guanidine groups is 1. The third-order valence-electron chi connectivity index (χ3n) is 5.14. The fourth-order valence-electron chi connectivity index (χ4n) is 3.79. The fraction of sp³-hybridized carbons (Fsp3) is 0.500. The number of anilines is 1. The Hall–Kier alpha value is -2.10. The molecule has 30 heavy (non-hydrogen) atoms. The van der Waals surface area contributed by atoms with Crippen LogP contribution in [0.4, 0.5) is 5.69 Å². The zero-order valence-corrected chi connectivity index (χ0v) is 20.9. The Morgan fingerprint density at radius 1 is 1.33 bits per heavy atom. The molecular formula is C22H33IN6O. The van der Waals surface area contributed by atoms with Gasteiger partial charge in [0.2, 0.25) is 5.91 Å². The van der Waals surface area contributed by atoms with Crippen molar-refractivity contribution in [3.8, 4) is 0 Å². The van der Waals surface area contributed by atoms with Crippen LogP contribution in [0.3, 0.4) is 0 Å². The number of amides is 1. The monoisotopic (exact) mass is 524 g/mol. The number of hydrogen-bond donors (Lipinski definition) is 1. The number of aryl methyl sites for hydroxylation is 1. The summed E-state index contributed by atoms with van der Waals surface area (Å²) in [7, 11) is 3.94. The number of aliphatic imine (C=N–C) groups is 1. The minimum Gasteiger partial charge on any atom is -0.357 e. The number of halogens is 1. The molecule has 164 valence electrons. The third kappa shape index (κ3) is 5.53. The van der Waals surface area contributed by atoms with Gasteiger partial charge in [0.1, 0.15) is 6.54 Å². The van der Waals surface area contributed by atoms with Gasteiger partial charge in [0, 0.05) is 51.2 Å². The van der Waals surface area contributed by atoms with Crippen molar-refractivity contribution in [2.45, 2.75) is 39.7 Å². The lowest BCUT2D eigenvalue weighted by Crippen LogP contribution is -2.40. The Balaban J connectivity index is 0.00000320. The van der Waals surface area contributed by atoms with Crippen molar-refractivity contribution in [1.29, 1.82) is 0 Å². The van der Waals surface area contributed by atoms with Crippen LogP contribution in [0.2, 0.25) is 0 Å². The Kier molecular flexibility index (Phi) is 8.69. The molecule has 1 aliphatic heterocycles. The van der Waals surface area contributed by atoms with Crippen LogP contribution in [0, 0.1) is 0 Å². The molecular weight excluding hydrogens is 491 g/mol. The van der Waals surface area contributed by atoms with E-state index < -0.39 is 0 Å². The van der Waals surface area contributed by atoms with Crippen LogP contribution >= 0.6 is 24.0 Å². The second-order valence-electron chi connectivity index (χ2n) is 7.82. The van der Waals surface area contributed by atoms with Crippen molar-refractivity contribution in [3.05, 3.63) is 47.3 Å². The van der Waals surface area contributed by atoms with Crippen LogP contribution in [-0.2, 0) is 24.8 Å². The lowest BCUT2D eigenvalue weighted by molar-refractivity contribution is -0.117. The van der Waals surface area contributed by atoms with E-state index in [4.69, 9.17) is 0 Å². The SMILES string of the molecule is CCNC(=NCC(=O)N1CCc2ccccc21)N(C)Cc1cn(C)nc1C(C)C.I. The quantitative estimate of drug-likeness (QED) is 0.359. The van der Waals surface area contributed by atoms with Crippen LogP contribution in [0.15, 0.2) is 35.5 Å². The molecule has 0 aliphatic carbocycles. The Morgan fingerprint density at radius 2 is 2.07 bits per heavy atom. The number of nitrogens with one attached hydrogen (secondary N) is 1. The van der Waals surface area contributed by atoms with E-state index in [0.29, 0.717) is 12.5 Å². The number of aromatic nitrogens is 2. The first-order chi connectivity index (χ1) is 13.9. The fourth-order valence-corrected chi connectivity index (χ4v) is 3.79. The summed E-state index contributed by atoms with van der Waals surface area (Å²) in [5.41, 5.74) is 4.52. The molecule has 7 nitrogen and oxygen atoms in total. The first-order valence-corrected chi connectivity index (χ1v) is 10.3. The molecule has 0 saturated carbocycles. The first-order valence-electron chi connectivity index (χ1n) is 10.3. The molecule has 0 spiro atoms. The van der Waals surface area contributed by atoms with Crippen molar-refractivity contribution in [1.82, 2.24) is 20.0 Å². The van der Waals surface area contributed by atoms with Crippen LogP contribution in [0.25, 0.3) is 0 Å². The number of carbonyl (C=O) groups is 1. The van der Waals surface area contributed by atoms with E-state index in [1.165, 1.54) is 11.1 Å². The van der Waals surface area contributed by atoms with Crippen molar-refractivity contribution < 1.29 is 4.79 Å². The second-order valence-corrected chi connectivity index (χ2v) is 7.82. The van der Waals surface area contributed by atoms with Gasteiger partial charge in [0.15, 0.2) is 5.96 Å². The Labute approximate surface area is 196 Å². The summed E-state index contributed by atoms with van der Waals surface area (Å²) in [6, 6.07) is 8.10. The second kappa shape index (κ2) is 10.8. The molecule has 0 saturated heterocycles. The molecule has 3 rings (SSSR count). The van der Waals surface area contributed by atoms with Gasteiger partial charge in [-0.25, -0.2) is 4.99 Å². The highest BCUT2D eigenvalue weighted by molar-refractivity contribution is 14.0. The highest BCUT2D eigenvalue weighted by Gasteiger charge is 2.24. The molecule has 0 radical (unpaired) electrons. The summed E-state index contributed by atoms with van der Waals surface area (Å²) in [6.07, 6.45) is 2.96. The first kappa shape index (κ1) is 24.2. The Bertz CT molecular complexity index is 892. The maximum atomic E-state index is 12.8. The average Bonchev–Trinajstić information content (AvgIpc) is 3.28. The summed E-state index contributed by atoms with van der Waals surface area (Å²) in [5, 5.41) is 7.89. The van der Waals surface area contributed by atoms with Gasteiger partial charge >= 0.3 is 0 Å². The molecule has 1 N–H and O–H groups in total. The number of fused-ring (bicyclic) bond motifs is 1. The van der Waals surface area contributed by atoms with Crippen molar-refractivity contribution in [2.24, 2.45) is 12.0 Å². The van der Waals surface area contributed by atoms with Crippen LogP contribution in [-0.4, -0.2) is 53.2 Å². The summed E-state index contributed by atoms with van der Waals surface area (Å²) in [5.74, 6) is 1.12. The summed E-state index contributed by atoms with van der Waals surface area (Å²) < 4.78 is 1.86. The predicted octanol–water partition coefficient (Wildman–Crippen LogP) is 3.15. The highest BCUT2D eigenvalue weighted by Crippen LogP contribution is 2.27. The largest absolute Gasteiger partial charge is 0.357 e. The zero-order chi connectivity index (χ0) is 21.0. The van der Waals surface area contributed by atoms with Gasteiger partial charge < -0.3 is 15.1 Å². The molecule has 2 heterocycles. The van der Waals surface area contributed by atoms with E-state index in [1.54, 1.807) is 0 Å². The van der Waals surface area contributed by atoms with Gasteiger partial charge in [-0.15, -0.1) is 24.0 Å². The van der Waals surface area contributed by atoms with E-state index >= 15 is 0 Å². The molecule has 8 heteroatoms. The summed E-state index contributed by atoms with van der Waals surface area (Å²) in [6.45, 7) is 8.63. The van der Waals surface area contributed by atoms with E-state index in [1.807, 2.05) is 48.8 Å². The molecule has 1 aromatic heterocycles. The minimum atomic E-state index is 0. The Morgan fingerprint density at radius 3 is 2.77 bits per heavy atom. The summed E-state index contributed by atoms with van der Waals surface area (Å²) in [4.78, 5) is 21.3. The number of nitrogens with zero attached hydrogens (tertiary/aromatic N) is 5. The standard InChI is InChI=1S/C22H32N6O.HI/c1-6-23-22(26(4)14-18-15-27(5)25-21(18)16(2)3)24-13-20(29)28-12-11-17-9-7-8-10-19(17)28;/h7-10,15-16H,6,11-14H2,1-5H3,(H,23,24);1H. The molecule has 1 aliphatic rings.